The predicted molar refractivity (Wildman–Crippen MR) is 42.2 cm³/mol. The molecule has 0 aromatic carbocycles. The first-order valence-electron chi connectivity index (χ1n) is 4.28. The summed E-state index contributed by atoms with van der Waals surface area (Å²) in [5.74, 6) is 0. The Labute approximate surface area is 66.9 Å². The van der Waals surface area contributed by atoms with E-state index in [0.717, 1.165) is 19.4 Å². The summed E-state index contributed by atoms with van der Waals surface area (Å²) in [6, 6.07) is 0. The van der Waals surface area contributed by atoms with Gasteiger partial charge in [0.15, 0.2) is 0 Å². The van der Waals surface area contributed by atoms with E-state index in [4.69, 9.17) is 10.5 Å². The number of hydrogen-bond acceptors (Lipinski definition) is 2. The topological polar surface area (TPSA) is 35.2 Å². The molecule has 0 radical (unpaired) electrons. The van der Waals surface area contributed by atoms with Crippen molar-refractivity contribution in [1.29, 1.82) is 0 Å². The summed E-state index contributed by atoms with van der Waals surface area (Å²) >= 11 is 0. The third-order valence-corrected chi connectivity index (χ3v) is 2.05. The second-order valence-corrected chi connectivity index (χ2v) is 3.06. The van der Waals surface area contributed by atoms with Crippen LogP contribution in [0.5, 0.6) is 0 Å². The minimum absolute atomic E-state index is 0.125. The number of alkyl halides is 1. The van der Waals surface area contributed by atoms with Crippen LogP contribution >= 0.6 is 0 Å². The van der Waals surface area contributed by atoms with E-state index < -0.39 is 6.17 Å². The molecule has 2 nitrogen and oxygen atoms in total. The van der Waals surface area contributed by atoms with E-state index in [0.29, 0.717) is 6.42 Å². The van der Waals surface area contributed by atoms with Crippen LogP contribution in [-0.4, -0.2) is 25.4 Å². The van der Waals surface area contributed by atoms with Crippen LogP contribution in [0.1, 0.15) is 25.7 Å². The summed E-state index contributed by atoms with van der Waals surface area (Å²) in [7, 11) is 0. The Morgan fingerprint density at radius 2 is 2.36 bits per heavy atom. The van der Waals surface area contributed by atoms with Gasteiger partial charge in [-0.2, -0.15) is 0 Å². The monoisotopic (exact) mass is 161 g/mol. The molecule has 1 fully saturated rings. The molecule has 66 valence electrons. The van der Waals surface area contributed by atoms with Crippen molar-refractivity contribution in [2.45, 2.75) is 38.0 Å². The maximum absolute atomic E-state index is 12.7. The largest absolute Gasteiger partial charge is 0.378 e. The van der Waals surface area contributed by atoms with Crippen molar-refractivity contribution in [3.63, 3.8) is 0 Å². The number of nitrogens with two attached hydrogens (primary N) is 1. The van der Waals surface area contributed by atoms with Crippen LogP contribution in [0.25, 0.3) is 0 Å². The molecule has 1 heterocycles. The molecule has 1 aliphatic rings. The lowest BCUT2D eigenvalue weighted by molar-refractivity contribution is -0.00144. The second kappa shape index (κ2) is 4.67. The molecule has 0 aromatic rings. The third kappa shape index (κ3) is 3.16. The van der Waals surface area contributed by atoms with E-state index >= 15 is 0 Å². The maximum atomic E-state index is 12.7. The van der Waals surface area contributed by atoms with Gasteiger partial charge >= 0.3 is 0 Å². The minimum atomic E-state index is -0.877. The molecule has 0 aromatic heterocycles. The van der Waals surface area contributed by atoms with Gasteiger partial charge in [-0.15, -0.1) is 0 Å². The van der Waals surface area contributed by atoms with Crippen LogP contribution in [0.2, 0.25) is 0 Å². The van der Waals surface area contributed by atoms with Gasteiger partial charge < -0.3 is 10.5 Å². The Bertz CT molecular complexity index is 104. The molecule has 0 amide bonds. The lowest BCUT2D eigenvalue weighted by Gasteiger charge is -2.23. The van der Waals surface area contributed by atoms with Crippen LogP contribution in [0.15, 0.2) is 0 Å². The van der Waals surface area contributed by atoms with Crippen molar-refractivity contribution in [2.75, 3.05) is 13.2 Å². The highest BCUT2D eigenvalue weighted by molar-refractivity contribution is 4.68. The van der Waals surface area contributed by atoms with Crippen molar-refractivity contribution in [3.8, 4) is 0 Å². The van der Waals surface area contributed by atoms with Crippen molar-refractivity contribution >= 4 is 0 Å². The van der Waals surface area contributed by atoms with Crippen molar-refractivity contribution in [1.82, 2.24) is 0 Å². The Kier molecular flexibility index (Phi) is 3.80. The van der Waals surface area contributed by atoms with Crippen LogP contribution in [0.4, 0.5) is 4.39 Å². The van der Waals surface area contributed by atoms with Gasteiger partial charge in [-0.25, -0.2) is 4.39 Å². The van der Waals surface area contributed by atoms with Gasteiger partial charge in [0.2, 0.25) is 0 Å². The normalized spacial score (nSPS) is 28.4. The van der Waals surface area contributed by atoms with Gasteiger partial charge in [-0.1, -0.05) is 0 Å². The Balaban J connectivity index is 2.13. The van der Waals surface area contributed by atoms with Gasteiger partial charge in [0, 0.05) is 19.6 Å². The van der Waals surface area contributed by atoms with E-state index in [1.165, 1.54) is 6.42 Å². The standard InChI is InChI=1S/C8H16FNO/c9-7(6-10)5-8-3-1-2-4-11-8/h7-8H,1-6,10H2. The number of ether oxygens (including phenoxy) is 1. The molecule has 1 saturated heterocycles. The Morgan fingerprint density at radius 1 is 1.55 bits per heavy atom. The summed E-state index contributed by atoms with van der Waals surface area (Å²) in [4.78, 5) is 0. The van der Waals surface area contributed by atoms with Crippen LogP contribution in [0, 0.1) is 0 Å². The lowest BCUT2D eigenvalue weighted by atomic mass is 10.0. The highest BCUT2D eigenvalue weighted by Gasteiger charge is 2.17. The quantitative estimate of drug-likeness (QED) is 0.676. The van der Waals surface area contributed by atoms with Gasteiger partial charge in [0.05, 0.1) is 6.10 Å². The lowest BCUT2D eigenvalue weighted by Crippen LogP contribution is -2.26. The summed E-state index contributed by atoms with van der Waals surface area (Å²) in [5, 5.41) is 0. The first-order chi connectivity index (χ1) is 5.33. The van der Waals surface area contributed by atoms with Crippen LogP contribution in [-0.2, 0) is 4.74 Å². The SMILES string of the molecule is NCC(F)CC1CCCCO1. The molecule has 1 aliphatic heterocycles. The summed E-state index contributed by atoms with van der Waals surface area (Å²) < 4.78 is 18.1. The zero-order valence-corrected chi connectivity index (χ0v) is 6.76. The van der Waals surface area contributed by atoms with Crippen LogP contribution in [0.3, 0.4) is 0 Å². The molecule has 11 heavy (non-hydrogen) atoms. The molecule has 0 saturated carbocycles. The fourth-order valence-corrected chi connectivity index (χ4v) is 1.37. The summed E-state index contributed by atoms with van der Waals surface area (Å²) in [6.07, 6.45) is 3.02. The number of rotatable bonds is 3. The van der Waals surface area contributed by atoms with E-state index in [9.17, 15) is 4.39 Å². The van der Waals surface area contributed by atoms with E-state index in [1.54, 1.807) is 0 Å². The van der Waals surface area contributed by atoms with Crippen LogP contribution < -0.4 is 5.73 Å². The highest BCUT2D eigenvalue weighted by atomic mass is 19.1. The molecular formula is C8H16FNO. The molecule has 2 atom stereocenters. The van der Waals surface area contributed by atoms with Gasteiger partial charge in [0.1, 0.15) is 6.17 Å². The minimum Gasteiger partial charge on any atom is -0.378 e. The summed E-state index contributed by atoms with van der Waals surface area (Å²) in [6.45, 7) is 0.918. The van der Waals surface area contributed by atoms with Crippen molar-refractivity contribution < 1.29 is 9.13 Å². The molecular weight excluding hydrogens is 145 g/mol. The Hall–Kier alpha value is -0.150. The van der Waals surface area contributed by atoms with E-state index in [1.807, 2.05) is 0 Å². The van der Waals surface area contributed by atoms with Crippen molar-refractivity contribution in [3.05, 3.63) is 0 Å². The third-order valence-electron chi connectivity index (χ3n) is 2.05. The average Bonchev–Trinajstić information content (AvgIpc) is 2.06. The molecule has 0 aliphatic carbocycles. The van der Waals surface area contributed by atoms with Gasteiger partial charge in [0.25, 0.3) is 0 Å². The molecule has 1 rings (SSSR count). The van der Waals surface area contributed by atoms with Gasteiger partial charge in [-0.3, -0.25) is 0 Å². The zero-order valence-electron chi connectivity index (χ0n) is 6.76. The molecule has 0 spiro atoms. The molecule has 3 heteroatoms. The van der Waals surface area contributed by atoms with Gasteiger partial charge in [-0.05, 0) is 19.3 Å². The smallest absolute Gasteiger partial charge is 0.115 e. The zero-order chi connectivity index (χ0) is 8.10. The fraction of sp³-hybridized carbons (Fsp3) is 1.00. The molecule has 0 bridgehead atoms. The number of hydrogen-bond donors (Lipinski definition) is 1. The first-order valence-corrected chi connectivity index (χ1v) is 4.28. The second-order valence-electron chi connectivity index (χ2n) is 3.06. The summed E-state index contributed by atoms with van der Waals surface area (Å²) in [5.41, 5.74) is 5.16. The van der Waals surface area contributed by atoms with E-state index in [2.05, 4.69) is 0 Å². The Morgan fingerprint density at radius 3 is 2.91 bits per heavy atom. The average molecular weight is 161 g/mol. The molecule has 2 unspecified atom stereocenters. The van der Waals surface area contributed by atoms with Crippen molar-refractivity contribution in [2.24, 2.45) is 5.73 Å². The predicted octanol–water partition coefficient (Wildman–Crippen LogP) is 1.24. The molecule has 2 N–H and O–H groups in total. The number of halogens is 1. The van der Waals surface area contributed by atoms with E-state index in [-0.39, 0.29) is 12.6 Å². The highest BCUT2D eigenvalue weighted by Crippen LogP contribution is 2.17. The first kappa shape index (κ1) is 8.94. The maximum Gasteiger partial charge on any atom is 0.115 e. The fourth-order valence-electron chi connectivity index (χ4n) is 1.37.